The van der Waals surface area contributed by atoms with Gasteiger partial charge in [-0.2, -0.15) is 0 Å². The molecule has 2 aliphatic rings. The van der Waals surface area contributed by atoms with Crippen molar-refractivity contribution in [3.8, 4) is 5.75 Å². The highest BCUT2D eigenvalue weighted by molar-refractivity contribution is 9.10. The first-order valence-electron chi connectivity index (χ1n) is 12.8. The second kappa shape index (κ2) is 12.4. The Balaban J connectivity index is 1.31. The highest BCUT2D eigenvalue weighted by Crippen LogP contribution is 2.37. The van der Waals surface area contributed by atoms with E-state index >= 15 is 0 Å². The van der Waals surface area contributed by atoms with Gasteiger partial charge in [0.15, 0.2) is 5.11 Å². The number of carbonyl (C=O) groups is 1. The van der Waals surface area contributed by atoms with Crippen LogP contribution in [0.2, 0.25) is 0 Å². The highest BCUT2D eigenvalue weighted by Gasteiger charge is 2.42. The molecule has 1 saturated heterocycles. The number of benzene rings is 2. The first-order chi connectivity index (χ1) is 17.4. The molecule has 0 radical (unpaired) electrons. The van der Waals surface area contributed by atoms with Gasteiger partial charge in [0.05, 0.1) is 13.7 Å². The number of nitrogens with zero attached hydrogens (tertiary/aromatic N) is 2. The fourth-order valence-corrected chi connectivity index (χ4v) is 6.08. The van der Waals surface area contributed by atoms with Gasteiger partial charge in [-0.15, -0.1) is 0 Å². The molecule has 0 aromatic heterocycles. The molecule has 1 saturated carbocycles. The van der Waals surface area contributed by atoms with Crippen molar-refractivity contribution in [1.82, 2.24) is 20.4 Å². The van der Waals surface area contributed by atoms with E-state index in [1.807, 2.05) is 18.2 Å². The van der Waals surface area contributed by atoms with Crippen LogP contribution in [0, 0.1) is 6.92 Å². The molecule has 1 aliphatic carbocycles. The van der Waals surface area contributed by atoms with Crippen LogP contribution in [0.25, 0.3) is 0 Å². The van der Waals surface area contributed by atoms with Crippen LogP contribution in [-0.2, 0) is 17.9 Å². The van der Waals surface area contributed by atoms with Crippen LogP contribution in [-0.4, -0.2) is 59.6 Å². The third-order valence-electron chi connectivity index (χ3n) is 7.48. The molecule has 2 N–H and O–H groups in total. The lowest BCUT2D eigenvalue weighted by atomic mass is 9.78. The average molecular weight is 574 g/mol. The molecule has 2 aromatic carbocycles. The second-order valence-corrected chi connectivity index (χ2v) is 11.3. The summed E-state index contributed by atoms with van der Waals surface area (Å²) < 4.78 is 6.35. The lowest BCUT2D eigenvalue weighted by Gasteiger charge is -2.53. The number of methoxy groups -OCH3 is 1. The zero-order valence-corrected chi connectivity index (χ0v) is 23.7. The Labute approximate surface area is 228 Å². The minimum Gasteiger partial charge on any atom is -0.496 e. The SMILES string of the molecule is COc1ccc(Br)cc1CNC(=O)CNC(=S)N1CCN(Cc2ccc(C)cc2)C2(CCCCC2)C1. The van der Waals surface area contributed by atoms with E-state index in [-0.39, 0.29) is 18.0 Å². The van der Waals surface area contributed by atoms with Crippen molar-refractivity contribution < 1.29 is 9.53 Å². The molecule has 6 nitrogen and oxygen atoms in total. The number of amides is 1. The summed E-state index contributed by atoms with van der Waals surface area (Å²) in [6.07, 6.45) is 6.24. The lowest BCUT2D eigenvalue weighted by Crippen LogP contribution is -2.64. The molecule has 1 amide bonds. The molecular formula is C28H37BrN4O2S. The summed E-state index contributed by atoms with van der Waals surface area (Å²) in [6, 6.07) is 14.7. The van der Waals surface area contributed by atoms with E-state index in [4.69, 9.17) is 17.0 Å². The number of carbonyl (C=O) groups excluding carboxylic acids is 1. The number of rotatable bonds is 7. The Morgan fingerprint density at radius 2 is 1.83 bits per heavy atom. The van der Waals surface area contributed by atoms with E-state index < -0.39 is 0 Å². The molecule has 1 heterocycles. The van der Waals surface area contributed by atoms with Crippen LogP contribution in [0.3, 0.4) is 0 Å². The topological polar surface area (TPSA) is 56.8 Å². The summed E-state index contributed by atoms with van der Waals surface area (Å²) in [7, 11) is 1.63. The number of halogens is 1. The third kappa shape index (κ3) is 6.78. The number of aryl methyl sites for hydroxylation is 1. The summed E-state index contributed by atoms with van der Waals surface area (Å²) in [4.78, 5) is 17.5. The molecule has 0 atom stereocenters. The van der Waals surface area contributed by atoms with E-state index in [1.165, 1.54) is 43.2 Å². The first-order valence-corrected chi connectivity index (χ1v) is 14.0. The Hall–Kier alpha value is -2.16. The van der Waals surface area contributed by atoms with Gasteiger partial charge in [0.1, 0.15) is 5.75 Å². The minimum atomic E-state index is -0.0928. The second-order valence-electron chi connectivity index (χ2n) is 10.0. The predicted molar refractivity (Wildman–Crippen MR) is 152 cm³/mol. The number of hydrogen-bond donors (Lipinski definition) is 2. The zero-order valence-electron chi connectivity index (χ0n) is 21.3. The summed E-state index contributed by atoms with van der Waals surface area (Å²) in [6.45, 7) is 6.44. The molecule has 2 aromatic rings. The molecule has 0 unspecified atom stereocenters. The van der Waals surface area contributed by atoms with E-state index in [1.54, 1.807) is 7.11 Å². The number of ether oxygens (including phenoxy) is 1. The van der Waals surface area contributed by atoms with E-state index in [9.17, 15) is 4.79 Å². The van der Waals surface area contributed by atoms with Gasteiger partial charge in [-0.05, 0) is 55.7 Å². The van der Waals surface area contributed by atoms with Crippen molar-refractivity contribution in [2.45, 2.75) is 57.7 Å². The van der Waals surface area contributed by atoms with Gasteiger partial charge >= 0.3 is 0 Å². The van der Waals surface area contributed by atoms with Gasteiger partial charge in [0.2, 0.25) is 5.91 Å². The molecule has 2 fully saturated rings. The third-order valence-corrected chi connectivity index (χ3v) is 8.38. The Bertz CT molecular complexity index is 1060. The summed E-state index contributed by atoms with van der Waals surface area (Å²) in [5.41, 5.74) is 3.74. The van der Waals surface area contributed by atoms with Crippen LogP contribution in [0.15, 0.2) is 46.9 Å². The van der Waals surface area contributed by atoms with E-state index in [0.717, 1.165) is 42.0 Å². The van der Waals surface area contributed by atoms with Gasteiger partial charge in [-0.25, -0.2) is 0 Å². The van der Waals surface area contributed by atoms with Crippen molar-refractivity contribution in [1.29, 1.82) is 0 Å². The van der Waals surface area contributed by atoms with Crippen LogP contribution in [0.1, 0.15) is 48.8 Å². The quantitative estimate of drug-likeness (QED) is 0.466. The number of thiocarbonyl (C=S) groups is 1. The summed E-state index contributed by atoms with van der Waals surface area (Å²) >= 11 is 9.23. The number of piperazine rings is 1. The maximum absolute atomic E-state index is 12.5. The normalized spacial score (nSPS) is 17.6. The minimum absolute atomic E-state index is 0.0928. The van der Waals surface area contributed by atoms with Crippen molar-refractivity contribution in [3.05, 3.63) is 63.6 Å². The Morgan fingerprint density at radius 3 is 2.56 bits per heavy atom. The Morgan fingerprint density at radius 1 is 1.08 bits per heavy atom. The van der Waals surface area contributed by atoms with Crippen molar-refractivity contribution in [2.24, 2.45) is 0 Å². The molecule has 4 rings (SSSR count). The van der Waals surface area contributed by atoms with Crippen LogP contribution < -0.4 is 15.4 Å². The van der Waals surface area contributed by atoms with Crippen LogP contribution >= 0.6 is 28.1 Å². The maximum Gasteiger partial charge on any atom is 0.239 e. The van der Waals surface area contributed by atoms with Crippen molar-refractivity contribution in [2.75, 3.05) is 33.3 Å². The van der Waals surface area contributed by atoms with Gasteiger partial charge in [0, 0.05) is 48.3 Å². The molecular weight excluding hydrogens is 536 g/mol. The number of hydrogen-bond acceptors (Lipinski definition) is 4. The van der Waals surface area contributed by atoms with Gasteiger partial charge < -0.3 is 20.3 Å². The summed E-state index contributed by atoms with van der Waals surface area (Å²) in [5, 5.41) is 6.84. The highest BCUT2D eigenvalue weighted by atomic mass is 79.9. The van der Waals surface area contributed by atoms with E-state index in [2.05, 4.69) is 67.6 Å². The van der Waals surface area contributed by atoms with Gasteiger partial charge in [-0.1, -0.05) is 65.0 Å². The predicted octanol–water partition coefficient (Wildman–Crippen LogP) is 4.78. The fourth-order valence-electron chi connectivity index (χ4n) is 5.44. The monoisotopic (exact) mass is 572 g/mol. The first kappa shape index (κ1) is 26.9. The smallest absolute Gasteiger partial charge is 0.239 e. The lowest BCUT2D eigenvalue weighted by molar-refractivity contribution is -0.120. The van der Waals surface area contributed by atoms with Crippen LogP contribution in [0.5, 0.6) is 5.75 Å². The standard InChI is InChI=1S/C28H37BrN4O2S/c1-21-6-8-22(9-7-21)19-33-15-14-32(20-28(33)12-4-3-5-13-28)27(36)31-18-26(34)30-17-23-16-24(29)10-11-25(23)35-2/h6-11,16H,3-5,12-15,17-20H2,1-2H3,(H,30,34)(H,31,36). The van der Waals surface area contributed by atoms with Gasteiger partial charge in [0.25, 0.3) is 0 Å². The zero-order chi connectivity index (χ0) is 25.5. The van der Waals surface area contributed by atoms with Crippen LogP contribution in [0.4, 0.5) is 0 Å². The Kier molecular flexibility index (Phi) is 9.25. The largest absolute Gasteiger partial charge is 0.496 e. The molecule has 36 heavy (non-hydrogen) atoms. The molecule has 1 aliphatic heterocycles. The van der Waals surface area contributed by atoms with Gasteiger partial charge in [-0.3, -0.25) is 9.69 Å². The summed E-state index contributed by atoms with van der Waals surface area (Å²) in [5.74, 6) is 0.660. The average Bonchev–Trinajstić information content (AvgIpc) is 2.89. The molecule has 1 spiro atoms. The fraction of sp³-hybridized carbons (Fsp3) is 0.500. The molecule has 194 valence electrons. The molecule has 8 heteroatoms. The van der Waals surface area contributed by atoms with Crippen molar-refractivity contribution >= 4 is 39.2 Å². The maximum atomic E-state index is 12.5. The number of nitrogens with one attached hydrogen (secondary N) is 2. The van der Waals surface area contributed by atoms with Crippen molar-refractivity contribution in [3.63, 3.8) is 0 Å². The molecule has 0 bridgehead atoms. The van der Waals surface area contributed by atoms with E-state index in [0.29, 0.717) is 11.7 Å².